The van der Waals surface area contributed by atoms with Gasteiger partial charge in [0.2, 0.25) is 5.75 Å². The quantitative estimate of drug-likeness (QED) is 0.514. The van der Waals surface area contributed by atoms with Crippen LogP contribution in [-0.4, -0.2) is 62.7 Å². The SMILES string of the molecule is COc1cc(OC)cc(C2=NC3(CCCCC3)N(C(=O)c3cc(OC)c(OC)c(OC)c3)C2=S)c1. The normalized spacial score (nSPS) is 16.7. The van der Waals surface area contributed by atoms with Crippen LogP contribution < -0.4 is 23.7 Å². The minimum absolute atomic E-state index is 0.259. The van der Waals surface area contributed by atoms with E-state index in [0.29, 0.717) is 45.0 Å². The molecule has 0 aromatic heterocycles. The van der Waals surface area contributed by atoms with E-state index in [0.717, 1.165) is 37.7 Å². The Morgan fingerprint density at radius 2 is 1.40 bits per heavy atom. The van der Waals surface area contributed by atoms with Crippen molar-refractivity contribution in [3.8, 4) is 28.7 Å². The van der Waals surface area contributed by atoms with Crippen LogP contribution in [0.1, 0.15) is 48.0 Å². The number of aliphatic imine (C=N–C) groups is 1. The molecular formula is C26H30N2O6S. The molecule has 0 unspecified atom stereocenters. The van der Waals surface area contributed by atoms with Gasteiger partial charge in [-0.1, -0.05) is 18.6 Å². The van der Waals surface area contributed by atoms with Gasteiger partial charge in [0.15, 0.2) is 11.5 Å². The second-order valence-corrected chi connectivity index (χ2v) is 8.85. The summed E-state index contributed by atoms with van der Waals surface area (Å²) in [6, 6.07) is 8.80. The molecule has 1 fully saturated rings. The topological polar surface area (TPSA) is 78.8 Å². The summed E-state index contributed by atoms with van der Waals surface area (Å²) in [4.78, 5) is 21.2. The molecule has 2 aromatic carbocycles. The van der Waals surface area contributed by atoms with Crippen LogP contribution in [0.4, 0.5) is 0 Å². The predicted molar refractivity (Wildman–Crippen MR) is 137 cm³/mol. The zero-order chi connectivity index (χ0) is 25.2. The highest BCUT2D eigenvalue weighted by molar-refractivity contribution is 7.82. The Labute approximate surface area is 210 Å². The van der Waals surface area contributed by atoms with Gasteiger partial charge in [0.1, 0.15) is 27.9 Å². The summed E-state index contributed by atoms with van der Waals surface area (Å²) in [5.74, 6) is 2.20. The van der Waals surface area contributed by atoms with Crippen LogP contribution in [0, 0.1) is 0 Å². The van der Waals surface area contributed by atoms with Crippen LogP contribution in [0.2, 0.25) is 0 Å². The van der Waals surface area contributed by atoms with Gasteiger partial charge in [0, 0.05) is 17.2 Å². The van der Waals surface area contributed by atoms with E-state index in [9.17, 15) is 4.79 Å². The third kappa shape index (κ3) is 4.40. The fourth-order valence-electron chi connectivity index (χ4n) is 4.80. The summed E-state index contributed by atoms with van der Waals surface area (Å²) in [5.41, 5.74) is 0.973. The van der Waals surface area contributed by atoms with E-state index in [2.05, 4.69) is 0 Å². The number of carbonyl (C=O) groups excluding carboxylic acids is 1. The Hall–Kier alpha value is -3.33. The smallest absolute Gasteiger partial charge is 0.261 e. The molecule has 186 valence electrons. The number of ether oxygens (including phenoxy) is 5. The monoisotopic (exact) mass is 498 g/mol. The van der Waals surface area contributed by atoms with Gasteiger partial charge in [0.05, 0.1) is 35.5 Å². The van der Waals surface area contributed by atoms with Crippen molar-refractivity contribution in [2.24, 2.45) is 4.99 Å². The Morgan fingerprint density at radius 3 is 1.89 bits per heavy atom. The third-order valence-electron chi connectivity index (χ3n) is 6.54. The first-order valence-electron chi connectivity index (χ1n) is 11.4. The zero-order valence-corrected chi connectivity index (χ0v) is 21.5. The Balaban J connectivity index is 1.81. The summed E-state index contributed by atoms with van der Waals surface area (Å²) >= 11 is 5.91. The van der Waals surface area contributed by atoms with Crippen LogP contribution in [0.15, 0.2) is 35.3 Å². The second kappa shape index (κ2) is 10.1. The second-order valence-electron chi connectivity index (χ2n) is 8.46. The van der Waals surface area contributed by atoms with Crippen molar-refractivity contribution in [1.82, 2.24) is 4.90 Å². The molecule has 1 spiro atoms. The maximum absolute atomic E-state index is 14.1. The molecule has 2 aliphatic rings. The number of carbonyl (C=O) groups is 1. The van der Waals surface area contributed by atoms with E-state index in [1.54, 1.807) is 37.3 Å². The molecule has 35 heavy (non-hydrogen) atoms. The van der Waals surface area contributed by atoms with E-state index < -0.39 is 5.66 Å². The lowest BCUT2D eigenvalue weighted by atomic mass is 9.88. The van der Waals surface area contributed by atoms with Crippen molar-refractivity contribution >= 4 is 28.8 Å². The van der Waals surface area contributed by atoms with Gasteiger partial charge < -0.3 is 23.7 Å². The number of nitrogens with zero attached hydrogens (tertiary/aromatic N) is 2. The lowest BCUT2D eigenvalue weighted by Crippen LogP contribution is -2.50. The van der Waals surface area contributed by atoms with E-state index in [1.807, 2.05) is 12.1 Å². The first kappa shape index (κ1) is 24.8. The van der Waals surface area contributed by atoms with Gasteiger partial charge in [-0.3, -0.25) is 14.7 Å². The summed E-state index contributed by atoms with van der Waals surface area (Å²) in [7, 11) is 7.75. The van der Waals surface area contributed by atoms with Gasteiger partial charge >= 0.3 is 0 Å². The zero-order valence-electron chi connectivity index (χ0n) is 20.7. The molecule has 8 nitrogen and oxygen atoms in total. The molecule has 0 saturated heterocycles. The summed E-state index contributed by atoms with van der Waals surface area (Å²) in [6.07, 6.45) is 4.47. The number of hydrogen-bond acceptors (Lipinski definition) is 8. The molecular weight excluding hydrogens is 468 g/mol. The summed E-state index contributed by atoms with van der Waals surface area (Å²) < 4.78 is 27.3. The first-order chi connectivity index (χ1) is 16.9. The number of benzene rings is 2. The fraction of sp³-hybridized carbons (Fsp3) is 0.423. The molecule has 1 amide bonds. The molecule has 1 aliphatic heterocycles. The molecule has 4 rings (SSSR count). The maximum atomic E-state index is 14.1. The number of hydrogen-bond donors (Lipinski definition) is 0. The Morgan fingerprint density at radius 1 is 0.829 bits per heavy atom. The molecule has 2 aromatic rings. The molecule has 1 saturated carbocycles. The van der Waals surface area contributed by atoms with Crippen molar-refractivity contribution in [2.45, 2.75) is 37.8 Å². The molecule has 1 heterocycles. The summed E-state index contributed by atoms with van der Waals surface area (Å²) in [5, 5.41) is 0. The molecule has 9 heteroatoms. The number of thiocarbonyl (C=S) groups is 1. The maximum Gasteiger partial charge on any atom is 0.261 e. The van der Waals surface area contributed by atoms with Crippen LogP contribution in [-0.2, 0) is 0 Å². The van der Waals surface area contributed by atoms with Crippen molar-refractivity contribution in [2.75, 3.05) is 35.5 Å². The van der Waals surface area contributed by atoms with Gasteiger partial charge in [-0.15, -0.1) is 0 Å². The van der Waals surface area contributed by atoms with Crippen molar-refractivity contribution < 1.29 is 28.5 Å². The van der Waals surface area contributed by atoms with Gasteiger partial charge in [-0.25, -0.2) is 0 Å². The summed E-state index contributed by atoms with van der Waals surface area (Å²) in [6.45, 7) is 0. The van der Waals surface area contributed by atoms with Crippen molar-refractivity contribution in [3.05, 3.63) is 41.5 Å². The highest BCUT2D eigenvalue weighted by Crippen LogP contribution is 2.43. The highest BCUT2D eigenvalue weighted by atomic mass is 32.1. The average molecular weight is 499 g/mol. The lowest BCUT2D eigenvalue weighted by Gasteiger charge is -2.39. The first-order valence-corrected chi connectivity index (χ1v) is 11.8. The minimum atomic E-state index is -0.738. The van der Waals surface area contributed by atoms with Crippen LogP contribution in [0.5, 0.6) is 28.7 Å². The molecule has 1 aliphatic carbocycles. The molecule has 0 bridgehead atoms. The van der Waals surface area contributed by atoms with E-state index in [4.69, 9.17) is 40.9 Å². The molecule has 0 N–H and O–H groups in total. The third-order valence-corrected chi connectivity index (χ3v) is 6.91. The molecule has 0 radical (unpaired) electrons. The van der Waals surface area contributed by atoms with E-state index in [-0.39, 0.29) is 5.91 Å². The predicted octanol–water partition coefficient (Wildman–Crippen LogP) is 4.66. The average Bonchev–Trinajstić information content (AvgIpc) is 3.17. The Kier molecular flexibility index (Phi) is 7.16. The van der Waals surface area contributed by atoms with Crippen LogP contribution in [0.3, 0.4) is 0 Å². The van der Waals surface area contributed by atoms with Crippen molar-refractivity contribution in [1.29, 1.82) is 0 Å². The van der Waals surface area contributed by atoms with Gasteiger partial charge in [-0.2, -0.15) is 0 Å². The largest absolute Gasteiger partial charge is 0.497 e. The number of rotatable bonds is 7. The van der Waals surface area contributed by atoms with E-state index in [1.165, 1.54) is 21.3 Å². The van der Waals surface area contributed by atoms with Crippen molar-refractivity contribution in [3.63, 3.8) is 0 Å². The fourth-order valence-corrected chi connectivity index (χ4v) is 5.22. The minimum Gasteiger partial charge on any atom is -0.497 e. The lowest BCUT2D eigenvalue weighted by molar-refractivity contribution is 0.0647. The standard InChI is InChI=1S/C26H30N2O6S/c1-30-18-11-16(12-19(15-18)31-2)22-25(35)28(26(27-22)9-7-6-8-10-26)24(29)17-13-20(32-3)23(34-5)21(14-17)33-4/h11-15H,6-10H2,1-5H3. The number of amides is 1. The van der Waals surface area contributed by atoms with Crippen LogP contribution in [0.25, 0.3) is 0 Å². The van der Waals surface area contributed by atoms with Crippen LogP contribution >= 0.6 is 12.2 Å². The number of methoxy groups -OCH3 is 5. The molecule has 0 atom stereocenters. The Bertz CT molecular complexity index is 1130. The van der Waals surface area contributed by atoms with E-state index >= 15 is 0 Å². The van der Waals surface area contributed by atoms with Gasteiger partial charge in [-0.05, 0) is 49.9 Å². The van der Waals surface area contributed by atoms with Gasteiger partial charge in [0.25, 0.3) is 5.91 Å². The highest BCUT2D eigenvalue weighted by Gasteiger charge is 2.49.